The van der Waals surface area contributed by atoms with Crippen molar-refractivity contribution in [1.82, 2.24) is 14.9 Å². The molecule has 6 nitrogen and oxygen atoms in total. The molecule has 0 amide bonds. The number of fused-ring (bicyclic) bond motifs is 1. The minimum absolute atomic E-state index is 0.0182. The molecule has 29 heavy (non-hydrogen) atoms. The Bertz CT molecular complexity index is 942. The van der Waals surface area contributed by atoms with E-state index in [1.165, 1.54) is 5.56 Å². The molecule has 1 aromatic heterocycles. The average Bonchev–Trinajstić information content (AvgIpc) is 3.31. The largest absolute Gasteiger partial charge is 0.488 e. The Kier molecular flexibility index (Phi) is 4.54. The Morgan fingerprint density at radius 1 is 1.03 bits per heavy atom. The maximum absolute atomic E-state index is 6.17. The summed E-state index contributed by atoms with van der Waals surface area (Å²) in [6.45, 7) is 11.5. The molecule has 0 unspecified atom stereocenters. The Balaban J connectivity index is 1.37. The molecule has 0 N–H and O–H groups in total. The quantitative estimate of drug-likeness (QED) is 0.783. The van der Waals surface area contributed by atoms with Crippen LogP contribution in [0.1, 0.15) is 50.4 Å². The Labute approximate surface area is 172 Å². The first-order valence-corrected chi connectivity index (χ1v) is 10.7. The zero-order valence-electron chi connectivity index (χ0n) is 17.6. The van der Waals surface area contributed by atoms with Crippen molar-refractivity contribution in [2.75, 3.05) is 31.1 Å². The minimum Gasteiger partial charge on any atom is -0.488 e. The zero-order chi connectivity index (χ0) is 20.0. The highest BCUT2D eigenvalue weighted by Gasteiger charge is 2.40. The summed E-state index contributed by atoms with van der Waals surface area (Å²) in [5, 5.41) is 0. The molecule has 2 fully saturated rings. The first kappa shape index (κ1) is 18.6. The Morgan fingerprint density at radius 2 is 1.83 bits per heavy atom. The summed E-state index contributed by atoms with van der Waals surface area (Å²) >= 11 is 0. The van der Waals surface area contributed by atoms with Gasteiger partial charge in [0.25, 0.3) is 0 Å². The van der Waals surface area contributed by atoms with Gasteiger partial charge in [0.2, 0.25) is 0 Å². The number of hydrogen-bond acceptors (Lipinski definition) is 6. The molecule has 0 spiro atoms. The van der Waals surface area contributed by atoms with Crippen molar-refractivity contribution in [2.45, 2.75) is 51.8 Å². The van der Waals surface area contributed by atoms with Crippen molar-refractivity contribution in [3.8, 4) is 5.75 Å². The zero-order valence-corrected chi connectivity index (χ0v) is 17.6. The summed E-state index contributed by atoms with van der Waals surface area (Å²) in [5.41, 5.74) is 4.25. The van der Waals surface area contributed by atoms with E-state index in [1.807, 2.05) is 0 Å². The lowest BCUT2D eigenvalue weighted by Gasteiger charge is -2.37. The van der Waals surface area contributed by atoms with Crippen molar-refractivity contribution in [2.24, 2.45) is 4.99 Å². The number of piperazine rings is 1. The smallest absolute Gasteiger partial charge is 0.132 e. The maximum Gasteiger partial charge on any atom is 0.132 e. The van der Waals surface area contributed by atoms with Crippen LogP contribution in [0.25, 0.3) is 0 Å². The third-order valence-electron chi connectivity index (χ3n) is 6.33. The van der Waals surface area contributed by atoms with Gasteiger partial charge in [0.05, 0.1) is 18.0 Å². The molecule has 1 saturated heterocycles. The highest BCUT2D eigenvalue weighted by atomic mass is 16.5. The predicted molar refractivity (Wildman–Crippen MR) is 115 cm³/mol. The van der Waals surface area contributed by atoms with Crippen molar-refractivity contribution in [1.29, 1.82) is 0 Å². The second-order valence-corrected chi connectivity index (χ2v) is 8.91. The molecule has 2 aliphatic heterocycles. The van der Waals surface area contributed by atoms with Crippen LogP contribution in [0.2, 0.25) is 0 Å². The van der Waals surface area contributed by atoms with E-state index in [0.717, 1.165) is 67.6 Å². The number of benzene rings is 1. The van der Waals surface area contributed by atoms with E-state index < -0.39 is 0 Å². The SMILES string of the molecule is CC(C)N1CCN(c2cc(C3=NCc4ccc(OC5(C)CC5)cc43)ncn2)CC1. The van der Waals surface area contributed by atoms with E-state index in [2.05, 4.69) is 64.8 Å². The number of hydrogen-bond donors (Lipinski definition) is 0. The van der Waals surface area contributed by atoms with Gasteiger partial charge in [-0.25, -0.2) is 9.97 Å². The first-order valence-electron chi connectivity index (χ1n) is 10.7. The third-order valence-corrected chi connectivity index (χ3v) is 6.33. The lowest BCUT2D eigenvalue weighted by molar-refractivity contribution is 0.200. The van der Waals surface area contributed by atoms with Crippen LogP contribution in [0.15, 0.2) is 35.6 Å². The monoisotopic (exact) mass is 391 g/mol. The van der Waals surface area contributed by atoms with E-state index in [0.29, 0.717) is 12.6 Å². The molecule has 152 valence electrons. The standard InChI is InChI=1S/C23H29N5O/c1-16(2)27-8-10-28(11-9-27)21-13-20(25-15-26-21)22-19-12-18(29-23(3)6-7-23)5-4-17(19)14-24-22/h4-5,12-13,15-16H,6-11,14H2,1-3H3. The molecule has 6 heteroatoms. The van der Waals surface area contributed by atoms with Crippen LogP contribution in [-0.4, -0.2) is 58.4 Å². The number of ether oxygens (including phenoxy) is 1. The van der Waals surface area contributed by atoms with Crippen molar-refractivity contribution < 1.29 is 4.74 Å². The Hall–Kier alpha value is -2.47. The topological polar surface area (TPSA) is 53.9 Å². The normalized spacial score (nSPS) is 20.6. The van der Waals surface area contributed by atoms with Gasteiger partial charge in [-0.3, -0.25) is 9.89 Å². The van der Waals surface area contributed by atoms with E-state index >= 15 is 0 Å². The van der Waals surface area contributed by atoms with Gasteiger partial charge >= 0.3 is 0 Å². The number of nitrogens with zero attached hydrogens (tertiary/aromatic N) is 5. The first-order chi connectivity index (χ1) is 14.0. The number of aromatic nitrogens is 2. The van der Waals surface area contributed by atoms with Crippen LogP contribution in [0, 0.1) is 0 Å². The van der Waals surface area contributed by atoms with Crippen molar-refractivity contribution >= 4 is 11.5 Å². The van der Waals surface area contributed by atoms with Gasteiger partial charge < -0.3 is 9.64 Å². The summed E-state index contributed by atoms with van der Waals surface area (Å²) < 4.78 is 6.17. The molecule has 2 aromatic rings. The molecule has 1 saturated carbocycles. The predicted octanol–water partition coefficient (Wildman–Crippen LogP) is 3.29. The molecule has 0 bridgehead atoms. The van der Waals surface area contributed by atoms with Crippen molar-refractivity contribution in [3.63, 3.8) is 0 Å². The van der Waals surface area contributed by atoms with Gasteiger partial charge in [0.1, 0.15) is 23.5 Å². The van der Waals surface area contributed by atoms with Crippen molar-refractivity contribution in [3.05, 3.63) is 47.4 Å². The molecule has 3 aliphatic rings. The number of rotatable bonds is 5. The summed E-state index contributed by atoms with van der Waals surface area (Å²) in [4.78, 5) is 18.8. The van der Waals surface area contributed by atoms with E-state index in [-0.39, 0.29) is 5.60 Å². The summed E-state index contributed by atoms with van der Waals surface area (Å²) in [7, 11) is 0. The van der Waals surface area contributed by atoms with Gasteiger partial charge in [0.15, 0.2) is 0 Å². The lowest BCUT2D eigenvalue weighted by Crippen LogP contribution is -2.49. The lowest BCUT2D eigenvalue weighted by atomic mass is 10.0. The van der Waals surface area contributed by atoms with E-state index in [9.17, 15) is 0 Å². The number of anilines is 1. The molecule has 0 radical (unpaired) electrons. The van der Waals surface area contributed by atoms with Crippen LogP contribution >= 0.6 is 0 Å². The maximum atomic E-state index is 6.17. The number of aliphatic imine (C=N–C) groups is 1. The van der Waals surface area contributed by atoms with Gasteiger partial charge in [-0.05, 0) is 51.3 Å². The van der Waals surface area contributed by atoms with E-state index in [1.54, 1.807) is 6.33 Å². The molecular weight excluding hydrogens is 362 g/mol. The van der Waals surface area contributed by atoms with E-state index in [4.69, 9.17) is 9.73 Å². The Morgan fingerprint density at radius 3 is 2.55 bits per heavy atom. The molecule has 1 aliphatic carbocycles. The minimum atomic E-state index is 0.0182. The van der Waals surface area contributed by atoms with Crippen LogP contribution in [0.4, 0.5) is 5.82 Å². The molecule has 5 rings (SSSR count). The molecule has 0 atom stereocenters. The molecule has 1 aromatic carbocycles. The van der Waals surface area contributed by atoms with Crippen LogP contribution < -0.4 is 9.64 Å². The second kappa shape index (κ2) is 7.10. The third kappa shape index (κ3) is 3.73. The van der Waals surface area contributed by atoms with Crippen LogP contribution in [-0.2, 0) is 6.54 Å². The highest BCUT2D eigenvalue weighted by Crippen LogP contribution is 2.40. The molecular formula is C23H29N5O. The van der Waals surface area contributed by atoms with Gasteiger partial charge in [-0.2, -0.15) is 0 Å². The second-order valence-electron chi connectivity index (χ2n) is 8.91. The summed E-state index contributed by atoms with van der Waals surface area (Å²) in [6.07, 6.45) is 3.93. The average molecular weight is 392 g/mol. The molecule has 3 heterocycles. The fraction of sp³-hybridized carbons (Fsp3) is 0.522. The fourth-order valence-electron chi connectivity index (χ4n) is 4.13. The van der Waals surface area contributed by atoms with Crippen LogP contribution in [0.3, 0.4) is 0 Å². The van der Waals surface area contributed by atoms with Gasteiger partial charge in [-0.15, -0.1) is 0 Å². The van der Waals surface area contributed by atoms with Gasteiger partial charge in [0, 0.05) is 43.9 Å². The highest BCUT2D eigenvalue weighted by molar-refractivity contribution is 6.14. The fourth-order valence-corrected chi connectivity index (χ4v) is 4.13. The summed E-state index contributed by atoms with van der Waals surface area (Å²) in [5.74, 6) is 1.92. The summed E-state index contributed by atoms with van der Waals surface area (Å²) in [6, 6.07) is 9.03. The van der Waals surface area contributed by atoms with Crippen LogP contribution in [0.5, 0.6) is 5.75 Å². The van der Waals surface area contributed by atoms with Gasteiger partial charge in [-0.1, -0.05) is 6.07 Å².